The molecule has 0 saturated carbocycles. The Labute approximate surface area is 136 Å². The SMILES string of the molecule is CCOC(=O)C1CCCN(C(=O)COc2ccc(OC)cc2)C1. The molecule has 6 heteroatoms. The van der Waals surface area contributed by atoms with Crippen LogP contribution in [0.3, 0.4) is 0 Å². The predicted octanol–water partition coefficient (Wildman–Crippen LogP) is 1.88. The molecule has 23 heavy (non-hydrogen) atoms. The number of amides is 1. The summed E-state index contributed by atoms with van der Waals surface area (Å²) in [6.07, 6.45) is 1.57. The van der Waals surface area contributed by atoms with E-state index in [1.54, 1.807) is 43.2 Å². The smallest absolute Gasteiger partial charge is 0.310 e. The number of carbonyl (C=O) groups is 2. The first-order valence-electron chi connectivity index (χ1n) is 7.85. The molecule has 1 aliphatic heterocycles. The quantitative estimate of drug-likeness (QED) is 0.749. The topological polar surface area (TPSA) is 65.1 Å². The Morgan fingerprint density at radius 3 is 2.57 bits per heavy atom. The minimum absolute atomic E-state index is 0.0398. The number of carbonyl (C=O) groups excluding carboxylic acids is 2. The van der Waals surface area contributed by atoms with E-state index in [0.29, 0.717) is 25.4 Å². The van der Waals surface area contributed by atoms with E-state index in [0.717, 1.165) is 18.6 Å². The third-order valence-corrected chi connectivity index (χ3v) is 3.82. The average molecular weight is 321 g/mol. The van der Waals surface area contributed by atoms with E-state index >= 15 is 0 Å². The summed E-state index contributed by atoms with van der Waals surface area (Å²) in [5.41, 5.74) is 0. The zero-order valence-electron chi connectivity index (χ0n) is 13.6. The Kier molecular flexibility index (Phi) is 6.26. The molecule has 0 aromatic heterocycles. The zero-order chi connectivity index (χ0) is 16.7. The molecule has 2 rings (SSSR count). The van der Waals surface area contributed by atoms with Gasteiger partial charge in [0.05, 0.1) is 19.6 Å². The minimum atomic E-state index is -0.228. The van der Waals surface area contributed by atoms with Crippen LogP contribution in [-0.4, -0.2) is 50.2 Å². The summed E-state index contributed by atoms with van der Waals surface area (Å²) in [7, 11) is 1.59. The van der Waals surface area contributed by atoms with E-state index in [4.69, 9.17) is 14.2 Å². The molecular weight excluding hydrogens is 298 g/mol. The molecule has 6 nitrogen and oxygen atoms in total. The van der Waals surface area contributed by atoms with Gasteiger partial charge in [-0.2, -0.15) is 0 Å². The number of piperidine rings is 1. The van der Waals surface area contributed by atoms with Crippen LogP contribution in [0.1, 0.15) is 19.8 Å². The van der Waals surface area contributed by atoms with Gasteiger partial charge in [-0.25, -0.2) is 0 Å². The molecule has 0 spiro atoms. The summed E-state index contributed by atoms with van der Waals surface area (Å²) in [4.78, 5) is 25.7. The molecule has 1 amide bonds. The van der Waals surface area contributed by atoms with Crippen LogP contribution in [0.5, 0.6) is 11.5 Å². The summed E-state index contributed by atoms with van der Waals surface area (Å²) in [6.45, 7) is 3.17. The van der Waals surface area contributed by atoms with Crippen molar-refractivity contribution in [3.8, 4) is 11.5 Å². The minimum Gasteiger partial charge on any atom is -0.497 e. The number of ether oxygens (including phenoxy) is 3. The molecule has 0 bridgehead atoms. The molecular formula is C17H23NO5. The molecule has 1 aromatic carbocycles. The Bertz CT molecular complexity index is 528. The largest absolute Gasteiger partial charge is 0.497 e. The van der Waals surface area contributed by atoms with Gasteiger partial charge in [0, 0.05) is 13.1 Å². The van der Waals surface area contributed by atoms with Crippen LogP contribution in [0, 0.1) is 5.92 Å². The zero-order valence-corrected chi connectivity index (χ0v) is 13.6. The molecule has 1 atom stereocenters. The highest BCUT2D eigenvalue weighted by molar-refractivity contribution is 5.79. The van der Waals surface area contributed by atoms with E-state index in [1.807, 2.05) is 0 Å². The summed E-state index contributed by atoms with van der Waals surface area (Å²) in [6, 6.07) is 7.06. The van der Waals surface area contributed by atoms with Crippen LogP contribution in [0.25, 0.3) is 0 Å². The molecule has 1 heterocycles. The number of methoxy groups -OCH3 is 1. The van der Waals surface area contributed by atoms with Gasteiger partial charge in [0.25, 0.3) is 5.91 Å². The van der Waals surface area contributed by atoms with Crippen molar-refractivity contribution in [1.29, 1.82) is 0 Å². The lowest BCUT2D eigenvalue weighted by atomic mass is 9.98. The lowest BCUT2D eigenvalue weighted by molar-refractivity contribution is -0.151. The van der Waals surface area contributed by atoms with Crippen molar-refractivity contribution in [3.05, 3.63) is 24.3 Å². The van der Waals surface area contributed by atoms with Crippen molar-refractivity contribution in [3.63, 3.8) is 0 Å². The first-order chi connectivity index (χ1) is 11.1. The normalized spacial score (nSPS) is 17.5. The summed E-state index contributed by atoms with van der Waals surface area (Å²) in [5, 5.41) is 0. The van der Waals surface area contributed by atoms with Crippen LogP contribution in [0.4, 0.5) is 0 Å². The van der Waals surface area contributed by atoms with Gasteiger partial charge in [0.2, 0.25) is 0 Å². The highest BCUT2D eigenvalue weighted by Gasteiger charge is 2.29. The predicted molar refractivity (Wildman–Crippen MR) is 84.4 cm³/mol. The Morgan fingerprint density at radius 2 is 1.91 bits per heavy atom. The van der Waals surface area contributed by atoms with Gasteiger partial charge in [-0.15, -0.1) is 0 Å². The maximum absolute atomic E-state index is 12.2. The maximum atomic E-state index is 12.2. The molecule has 1 aliphatic rings. The van der Waals surface area contributed by atoms with Crippen molar-refractivity contribution in [2.75, 3.05) is 33.4 Å². The van der Waals surface area contributed by atoms with Crippen molar-refractivity contribution in [2.24, 2.45) is 5.92 Å². The number of benzene rings is 1. The van der Waals surface area contributed by atoms with E-state index < -0.39 is 0 Å². The van der Waals surface area contributed by atoms with E-state index in [1.165, 1.54) is 0 Å². The van der Waals surface area contributed by atoms with Crippen LogP contribution >= 0.6 is 0 Å². The standard InChI is InChI=1S/C17H23NO5/c1-3-22-17(20)13-5-4-10-18(11-13)16(19)12-23-15-8-6-14(21-2)7-9-15/h6-9,13H,3-5,10-12H2,1-2H3. The fourth-order valence-electron chi connectivity index (χ4n) is 2.56. The van der Waals surface area contributed by atoms with Crippen molar-refractivity contribution in [1.82, 2.24) is 4.90 Å². The van der Waals surface area contributed by atoms with E-state index in [2.05, 4.69) is 0 Å². The van der Waals surface area contributed by atoms with Gasteiger partial charge < -0.3 is 19.1 Å². The third kappa shape index (κ3) is 4.87. The second-order valence-electron chi connectivity index (χ2n) is 5.40. The molecule has 1 unspecified atom stereocenters. The first kappa shape index (κ1) is 17.1. The number of esters is 1. The van der Waals surface area contributed by atoms with Crippen molar-refractivity contribution < 1.29 is 23.8 Å². The molecule has 0 aliphatic carbocycles. The first-order valence-corrected chi connectivity index (χ1v) is 7.85. The van der Waals surface area contributed by atoms with Gasteiger partial charge in [0.1, 0.15) is 11.5 Å². The Balaban J connectivity index is 1.83. The molecule has 0 radical (unpaired) electrons. The van der Waals surface area contributed by atoms with Crippen LogP contribution in [0.2, 0.25) is 0 Å². The number of rotatable bonds is 6. The average Bonchev–Trinajstić information content (AvgIpc) is 2.60. The Hall–Kier alpha value is -2.24. The maximum Gasteiger partial charge on any atom is 0.310 e. The Morgan fingerprint density at radius 1 is 1.22 bits per heavy atom. The van der Waals surface area contributed by atoms with Crippen molar-refractivity contribution >= 4 is 11.9 Å². The van der Waals surface area contributed by atoms with Gasteiger partial charge in [-0.3, -0.25) is 9.59 Å². The lowest BCUT2D eigenvalue weighted by Gasteiger charge is -2.31. The second-order valence-corrected chi connectivity index (χ2v) is 5.40. The highest BCUT2D eigenvalue weighted by atomic mass is 16.5. The molecule has 0 N–H and O–H groups in total. The van der Waals surface area contributed by atoms with Crippen LogP contribution in [0.15, 0.2) is 24.3 Å². The fraction of sp³-hybridized carbons (Fsp3) is 0.529. The monoisotopic (exact) mass is 321 g/mol. The van der Waals surface area contributed by atoms with E-state index in [-0.39, 0.29) is 24.4 Å². The number of likely N-dealkylation sites (tertiary alicyclic amines) is 1. The molecule has 1 saturated heterocycles. The van der Waals surface area contributed by atoms with Crippen LogP contribution in [-0.2, 0) is 14.3 Å². The van der Waals surface area contributed by atoms with Gasteiger partial charge in [-0.1, -0.05) is 0 Å². The molecule has 1 aromatic rings. The third-order valence-electron chi connectivity index (χ3n) is 3.82. The number of hydrogen-bond acceptors (Lipinski definition) is 5. The lowest BCUT2D eigenvalue weighted by Crippen LogP contribution is -2.44. The summed E-state index contributed by atoms with van der Waals surface area (Å²) in [5.74, 6) is 0.777. The second kappa shape index (κ2) is 8.41. The summed E-state index contributed by atoms with van der Waals surface area (Å²) >= 11 is 0. The molecule has 126 valence electrons. The molecule has 1 fully saturated rings. The number of hydrogen-bond donors (Lipinski definition) is 0. The van der Waals surface area contributed by atoms with E-state index in [9.17, 15) is 9.59 Å². The summed E-state index contributed by atoms with van der Waals surface area (Å²) < 4.78 is 15.6. The highest BCUT2D eigenvalue weighted by Crippen LogP contribution is 2.19. The van der Waals surface area contributed by atoms with Gasteiger partial charge in [-0.05, 0) is 44.0 Å². The van der Waals surface area contributed by atoms with Gasteiger partial charge in [0.15, 0.2) is 6.61 Å². The van der Waals surface area contributed by atoms with Gasteiger partial charge >= 0.3 is 5.97 Å². The number of nitrogens with zero attached hydrogens (tertiary/aromatic N) is 1. The van der Waals surface area contributed by atoms with Crippen LogP contribution < -0.4 is 9.47 Å². The van der Waals surface area contributed by atoms with Crippen molar-refractivity contribution in [2.45, 2.75) is 19.8 Å². The fourth-order valence-corrected chi connectivity index (χ4v) is 2.56.